The van der Waals surface area contributed by atoms with Gasteiger partial charge in [0.15, 0.2) is 0 Å². The lowest BCUT2D eigenvalue weighted by atomic mass is 10.1. The quantitative estimate of drug-likeness (QED) is 0.852. The normalized spacial score (nSPS) is 11.3. The summed E-state index contributed by atoms with van der Waals surface area (Å²) >= 11 is 0. The molecule has 0 heterocycles. The van der Waals surface area contributed by atoms with Crippen molar-refractivity contribution >= 4 is 21.4 Å². The van der Waals surface area contributed by atoms with Crippen molar-refractivity contribution in [1.29, 1.82) is 0 Å². The number of nitrogens with one attached hydrogen (secondary N) is 1. The summed E-state index contributed by atoms with van der Waals surface area (Å²) in [5.74, 6) is -0.641. The summed E-state index contributed by atoms with van der Waals surface area (Å²) < 4.78 is 40.1. The molecule has 106 valence electrons. The second-order valence-corrected chi connectivity index (χ2v) is 5.98. The standard InChI is InChI=1S/C14H15FN2O2S/c1-2-10-5-3-4-6-14(10)17-20(18,19)11-7-8-12(15)13(16)9-11/h3-9,17H,2,16H2,1H3. The summed E-state index contributed by atoms with van der Waals surface area (Å²) in [7, 11) is -3.78. The lowest BCUT2D eigenvalue weighted by Crippen LogP contribution is -2.14. The number of nitrogens with two attached hydrogens (primary N) is 1. The Hall–Kier alpha value is -2.08. The average Bonchev–Trinajstić information content (AvgIpc) is 2.42. The summed E-state index contributed by atoms with van der Waals surface area (Å²) in [5.41, 5.74) is 6.59. The van der Waals surface area contributed by atoms with Crippen molar-refractivity contribution < 1.29 is 12.8 Å². The maximum absolute atomic E-state index is 13.1. The molecule has 0 unspecified atom stereocenters. The third-order valence-electron chi connectivity index (χ3n) is 2.92. The van der Waals surface area contributed by atoms with Crippen LogP contribution in [0, 0.1) is 5.82 Å². The number of anilines is 2. The second kappa shape index (κ2) is 5.50. The van der Waals surface area contributed by atoms with E-state index in [0.29, 0.717) is 12.1 Å². The molecule has 0 radical (unpaired) electrons. The molecule has 0 aromatic heterocycles. The third-order valence-corrected chi connectivity index (χ3v) is 4.28. The highest BCUT2D eigenvalue weighted by Gasteiger charge is 2.16. The third kappa shape index (κ3) is 2.91. The van der Waals surface area contributed by atoms with E-state index in [2.05, 4.69) is 4.72 Å². The molecule has 6 heteroatoms. The number of halogens is 1. The smallest absolute Gasteiger partial charge is 0.261 e. The maximum atomic E-state index is 13.1. The molecule has 0 fully saturated rings. The first kappa shape index (κ1) is 14.3. The molecule has 0 aliphatic carbocycles. The van der Waals surface area contributed by atoms with E-state index in [0.717, 1.165) is 17.7 Å². The molecule has 0 atom stereocenters. The van der Waals surface area contributed by atoms with Gasteiger partial charge < -0.3 is 5.73 Å². The minimum Gasteiger partial charge on any atom is -0.396 e. The van der Waals surface area contributed by atoms with Gasteiger partial charge in [-0.2, -0.15) is 0 Å². The number of para-hydroxylation sites is 1. The van der Waals surface area contributed by atoms with Gasteiger partial charge in [0.2, 0.25) is 0 Å². The van der Waals surface area contributed by atoms with Crippen LogP contribution in [-0.2, 0) is 16.4 Å². The molecule has 3 N–H and O–H groups in total. The minimum absolute atomic E-state index is 0.0673. The van der Waals surface area contributed by atoms with Crippen molar-refractivity contribution in [2.75, 3.05) is 10.5 Å². The van der Waals surface area contributed by atoms with Crippen LogP contribution in [-0.4, -0.2) is 8.42 Å². The molecule has 0 aliphatic heterocycles. The topological polar surface area (TPSA) is 72.2 Å². The Bertz CT molecular complexity index is 730. The number of benzene rings is 2. The van der Waals surface area contributed by atoms with E-state index in [1.807, 2.05) is 19.1 Å². The van der Waals surface area contributed by atoms with Crippen LogP contribution in [0.3, 0.4) is 0 Å². The molecule has 2 aromatic carbocycles. The molecule has 0 spiro atoms. The summed E-state index contributed by atoms with van der Waals surface area (Å²) in [6.45, 7) is 1.93. The minimum atomic E-state index is -3.78. The highest BCUT2D eigenvalue weighted by atomic mass is 32.2. The predicted octanol–water partition coefficient (Wildman–Crippen LogP) is 2.77. The molecule has 4 nitrogen and oxygen atoms in total. The van der Waals surface area contributed by atoms with Gasteiger partial charge in [-0.25, -0.2) is 12.8 Å². The van der Waals surface area contributed by atoms with E-state index in [4.69, 9.17) is 5.73 Å². The molecule has 0 bridgehead atoms. The van der Waals surface area contributed by atoms with Gasteiger partial charge in [0.1, 0.15) is 5.82 Å². The van der Waals surface area contributed by atoms with Gasteiger partial charge in [-0.1, -0.05) is 25.1 Å². The summed E-state index contributed by atoms with van der Waals surface area (Å²) in [6.07, 6.45) is 0.699. The molecular weight excluding hydrogens is 279 g/mol. The van der Waals surface area contributed by atoms with Gasteiger partial charge in [0.25, 0.3) is 10.0 Å². The largest absolute Gasteiger partial charge is 0.396 e. The fraction of sp³-hybridized carbons (Fsp3) is 0.143. The first-order valence-electron chi connectivity index (χ1n) is 6.10. The van der Waals surface area contributed by atoms with Crippen molar-refractivity contribution in [2.45, 2.75) is 18.2 Å². The fourth-order valence-corrected chi connectivity index (χ4v) is 2.96. The van der Waals surface area contributed by atoms with Gasteiger partial charge in [-0.3, -0.25) is 4.72 Å². The molecule has 2 rings (SSSR count). The van der Waals surface area contributed by atoms with Crippen molar-refractivity contribution in [3.63, 3.8) is 0 Å². The molecule has 0 saturated carbocycles. The number of nitrogen functional groups attached to an aromatic ring is 1. The Morgan fingerprint density at radius 3 is 2.55 bits per heavy atom. The van der Waals surface area contributed by atoms with Crippen LogP contribution < -0.4 is 10.5 Å². The SMILES string of the molecule is CCc1ccccc1NS(=O)(=O)c1ccc(F)c(N)c1. The Kier molecular flexibility index (Phi) is 3.94. The molecule has 2 aromatic rings. The lowest BCUT2D eigenvalue weighted by Gasteiger charge is -2.12. The van der Waals surface area contributed by atoms with Gasteiger partial charge in [0, 0.05) is 0 Å². The fourth-order valence-electron chi connectivity index (χ4n) is 1.82. The van der Waals surface area contributed by atoms with Crippen molar-refractivity contribution in [3.8, 4) is 0 Å². The molecular formula is C14H15FN2O2S. The highest BCUT2D eigenvalue weighted by Crippen LogP contribution is 2.22. The predicted molar refractivity (Wildman–Crippen MR) is 77.4 cm³/mol. The second-order valence-electron chi connectivity index (χ2n) is 4.30. The first-order valence-corrected chi connectivity index (χ1v) is 7.58. The summed E-state index contributed by atoms with van der Waals surface area (Å²) in [6, 6.07) is 10.4. The van der Waals surface area contributed by atoms with Crippen molar-refractivity contribution in [3.05, 3.63) is 53.8 Å². The molecule has 0 saturated heterocycles. The van der Waals surface area contributed by atoms with Gasteiger partial charge in [-0.05, 0) is 36.2 Å². The molecule has 20 heavy (non-hydrogen) atoms. The molecule has 0 aliphatic rings. The van der Waals surface area contributed by atoms with Crippen LogP contribution in [0.5, 0.6) is 0 Å². The van der Waals surface area contributed by atoms with Gasteiger partial charge in [-0.15, -0.1) is 0 Å². The van der Waals surface area contributed by atoms with E-state index in [1.165, 1.54) is 6.07 Å². The Balaban J connectivity index is 2.38. The summed E-state index contributed by atoms with van der Waals surface area (Å²) in [5, 5.41) is 0. The first-order chi connectivity index (χ1) is 9.44. The summed E-state index contributed by atoms with van der Waals surface area (Å²) in [4.78, 5) is -0.0673. The zero-order valence-electron chi connectivity index (χ0n) is 10.9. The maximum Gasteiger partial charge on any atom is 0.261 e. The Morgan fingerprint density at radius 2 is 1.90 bits per heavy atom. The Morgan fingerprint density at radius 1 is 1.20 bits per heavy atom. The van der Waals surface area contributed by atoms with E-state index >= 15 is 0 Å². The van der Waals surface area contributed by atoms with Crippen LogP contribution >= 0.6 is 0 Å². The zero-order chi connectivity index (χ0) is 14.8. The zero-order valence-corrected chi connectivity index (χ0v) is 11.7. The molecule has 0 amide bonds. The number of hydrogen-bond donors (Lipinski definition) is 2. The highest BCUT2D eigenvalue weighted by molar-refractivity contribution is 7.92. The van der Waals surface area contributed by atoms with Crippen LogP contribution in [0.15, 0.2) is 47.4 Å². The van der Waals surface area contributed by atoms with Crippen LogP contribution in [0.25, 0.3) is 0 Å². The van der Waals surface area contributed by atoms with Gasteiger partial charge >= 0.3 is 0 Å². The van der Waals surface area contributed by atoms with E-state index in [1.54, 1.807) is 12.1 Å². The van der Waals surface area contributed by atoms with Crippen LogP contribution in [0.4, 0.5) is 15.8 Å². The van der Waals surface area contributed by atoms with E-state index < -0.39 is 15.8 Å². The van der Waals surface area contributed by atoms with Gasteiger partial charge in [0.05, 0.1) is 16.3 Å². The number of rotatable bonds is 4. The van der Waals surface area contributed by atoms with Crippen molar-refractivity contribution in [1.82, 2.24) is 0 Å². The van der Waals surface area contributed by atoms with Crippen molar-refractivity contribution in [2.24, 2.45) is 0 Å². The van der Waals surface area contributed by atoms with E-state index in [-0.39, 0.29) is 10.6 Å². The lowest BCUT2D eigenvalue weighted by molar-refractivity contribution is 0.600. The number of aryl methyl sites for hydroxylation is 1. The average molecular weight is 294 g/mol. The monoisotopic (exact) mass is 294 g/mol. The number of hydrogen-bond acceptors (Lipinski definition) is 3. The Labute approximate surface area is 117 Å². The van der Waals surface area contributed by atoms with Crippen LogP contribution in [0.2, 0.25) is 0 Å². The van der Waals surface area contributed by atoms with E-state index in [9.17, 15) is 12.8 Å². The number of sulfonamides is 1. The van der Waals surface area contributed by atoms with Crippen LogP contribution in [0.1, 0.15) is 12.5 Å².